The lowest BCUT2D eigenvalue weighted by Crippen LogP contribution is -2.40. The first-order valence-corrected chi connectivity index (χ1v) is 6.55. The van der Waals surface area contributed by atoms with Crippen LogP contribution in [0.25, 0.3) is 0 Å². The van der Waals surface area contributed by atoms with Crippen LogP contribution in [-0.2, 0) is 4.79 Å². The summed E-state index contributed by atoms with van der Waals surface area (Å²) in [6.07, 6.45) is 1.58. The number of nitrogens with one attached hydrogen (secondary N) is 1. The maximum Gasteiger partial charge on any atom is 0.239 e. The second kappa shape index (κ2) is 6.53. The van der Waals surface area contributed by atoms with Gasteiger partial charge in [-0.3, -0.25) is 4.79 Å². The molecule has 1 amide bonds. The van der Waals surface area contributed by atoms with Crippen LogP contribution in [0.1, 0.15) is 20.8 Å². The van der Waals surface area contributed by atoms with Gasteiger partial charge in [-0.25, -0.2) is 4.98 Å². The molecule has 1 aromatic rings. The number of hydrogen-bond donors (Lipinski definition) is 2. The van der Waals surface area contributed by atoms with Gasteiger partial charge in [0.2, 0.25) is 11.9 Å². The maximum absolute atomic E-state index is 11.7. The number of amides is 1. The van der Waals surface area contributed by atoms with Gasteiger partial charge >= 0.3 is 0 Å². The van der Waals surface area contributed by atoms with Crippen molar-refractivity contribution in [1.82, 2.24) is 15.3 Å². The molecule has 0 radical (unpaired) electrons. The van der Waals surface area contributed by atoms with E-state index in [0.717, 1.165) is 4.47 Å². The number of carbonyl (C=O) groups excluding carboxylic acids is 1. The summed E-state index contributed by atoms with van der Waals surface area (Å²) in [5.74, 6) is 0.774. The molecule has 0 saturated heterocycles. The quantitative estimate of drug-likeness (QED) is 0.852. The normalized spacial score (nSPS) is 10.5. The molecule has 100 valence electrons. The highest BCUT2D eigenvalue weighted by Gasteiger charge is 2.15. The van der Waals surface area contributed by atoms with Crippen LogP contribution >= 0.6 is 15.9 Å². The van der Waals surface area contributed by atoms with Crippen molar-refractivity contribution in [2.45, 2.75) is 26.8 Å². The van der Waals surface area contributed by atoms with Crippen LogP contribution in [-0.4, -0.2) is 35.0 Å². The number of nitrogen functional groups attached to an aromatic ring is 1. The van der Waals surface area contributed by atoms with E-state index in [0.29, 0.717) is 12.4 Å². The second-order valence-corrected chi connectivity index (χ2v) is 4.99. The maximum atomic E-state index is 11.7. The molecule has 0 atom stereocenters. The fourth-order valence-electron chi connectivity index (χ4n) is 1.47. The highest BCUT2D eigenvalue weighted by molar-refractivity contribution is 9.10. The number of aromatic nitrogens is 2. The summed E-state index contributed by atoms with van der Waals surface area (Å²) in [6.45, 7) is 6.69. The third kappa shape index (κ3) is 4.14. The van der Waals surface area contributed by atoms with E-state index in [2.05, 4.69) is 31.2 Å². The van der Waals surface area contributed by atoms with Crippen molar-refractivity contribution in [1.29, 1.82) is 0 Å². The molecule has 0 bridgehead atoms. The van der Waals surface area contributed by atoms with Crippen molar-refractivity contribution in [3.8, 4) is 0 Å². The van der Waals surface area contributed by atoms with E-state index in [1.165, 1.54) is 0 Å². The monoisotopic (exact) mass is 315 g/mol. The Morgan fingerprint density at radius 2 is 2.28 bits per heavy atom. The first kappa shape index (κ1) is 14.7. The fraction of sp³-hybridized carbons (Fsp3) is 0.545. The molecule has 0 spiro atoms. The van der Waals surface area contributed by atoms with Crippen molar-refractivity contribution in [2.75, 3.05) is 23.7 Å². The number of carbonyl (C=O) groups is 1. The minimum Gasteiger partial charge on any atom is -0.368 e. The lowest BCUT2D eigenvalue weighted by molar-refractivity contribution is -0.120. The molecule has 0 aliphatic rings. The molecule has 1 aromatic heterocycles. The highest BCUT2D eigenvalue weighted by Crippen LogP contribution is 2.23. The Hall–Kier alpha value is -1.37. The van der Waals surface area contributed by atoms with Gasteiger partial charge in [0, 0.05) is 18.8 Å². The van der Waals surface area contributed by atoms with Crippen LogP contribution in [0.3, 0.4) is 0 Å². The summed E-state index contributed by atoms with van der Waals surface area (Å²) in [5, 5.41) is 2.84. The van der Waals surface area contributed by atoms with E-state index in [1.54, 1.807) is 6.20 Å². The summed E-state index contributed by atoms with van der Waals surface area (Å²) in [6, 6.07) is 0.120. The third-order valence-electron chi connectivity index (χ3n) is 2.21. The molecule has 7 heteroatoms. The van der Waals surface area contributed by atoms with Gasteiger partial charge < -0.3 is 16.0 Å². The minimum absolute atomic E-state index is 0.0454. The average molecular weight is 316 g/mol. The van der Waals surface area contributed by atoms with Crippen LogP contribution in [0, 0.1) is 0 Å². The predicted molar refractivity (Wildman–Crippen MR) is 75.3 cm³/mol. The number of hydrogen-bond acceptors (Lipinski definition) is 5. The van der Waals surface area contributed by atoms with Crippen molar-refractivity contribution < 1.29 is 4.79 Å². The molecule has 0 aliphatic heterocycles. The van der Waals surface area contributed by atoms with Gasteiger partial charge in [-0.1, -0.05) is 0 Å². The topological polar surface area (TPSA) is 84.1 Å². The number of nitrogens with zero attached hydrogens (tertiary/aromatic N) is 3. The van der Waals surface area contributed by atoms with Crippen molar-refractivity contribution in [3.63, 3.8) is 0 Å². The Labute approximate surface area is 115 Å². The van der Waals surface area contributed by atoms with Gasteiger partial charge in [0.25, 0.3) is 0 Å². The third-order valence-corrected chi connectivity index (χ3v) is 2.77. The van der Waals surface area contributed by atoms with Crippen LogP contribution < -0.4 is 16.0 Å². The smallest absolute Gasteiger partial charge is 0.239 e. The van der Waals surface area contributed by atoms with E-state index >= 15 is 0 Å². The lowest BCUT2D eigenvalue weighted by atomic mass is 10.3. The van der Waals surface area contributed by atoms with Gasteiger partial charge in [0.15, 0.2) is 0 Å². The minimum atomic E-state index is -0.0454. The zero-order chi connectivity index (χ0) is 13.7. The first-order chi connectivity index (χ1) is 8.43. The molecule has 3 N–H and O–H groups in total. The van der Waals surface area contributed by atoms with E-state index in [9.17, 15) is 4.79 Å². The van der Waals surface area contributed by atoms with Gasteiger partial charge in [-0.2, -0.15) is 4.98 Å². The summed E-state index contributed by atoms with van der Waals surface area (Å²) in [5.41, 5.74) is 5.56. The van der Waals surface area contributed by atoms with Gasteiger partial charge in [-0.15, -0.1) is 0 Å². The number of likely N-dealkylation sites (N-methyl/N-ethyl adjacent to an activating group) is 1. The van der Waals surface area contributed by atoms with E-state index < -0.39 is 0 Å². The summed E-state index contributed by atoms with van der Waals surface area (Å²) in [7, 11) is 0. The van der Waals surface area contributed by atoms with Crippen molar-refractivity contribution in [3.05, 3.63) is 10.7 Å². The second-order valence-electron chi connectivity index (χ2n) is 4.14. The van der Waals surface area contributed by atoms with Crippen molar-refractivity contribution in [2.24, 2.45) is 0 Å². The zero-order valence-electron chi connectivity index (χ0n) is 10.8. The van der Waals surface area contributed by atoms with Crippen LogP contribution in [0.2, 0.25) is 0 Å². The standard InChI is InChI=1S/C11H18BrN5O/c1-4-17(6-9(18)15-7(2)3)10-8(12)5-14-11(13)16-10/h5,7H,4,6H2,1-3H3,(H,15,18)(H2,13,14,16). The Morgan fingerprint density at radius 1 is 1.61 bits per heavy atom. The molecule has 1 heterocycles. The van der Waals surface area contributed by atoms with Gasteiger partial charge in [-0.05, 0) is 36.7 Å². The lowest BCUT2D eigenvalue weighted by Gasteiger charge is -2.23. The molecule has 0 saturated carbocycles. The average Bonchev–Trinajstić information content (AvgIpc) is 2.28. The molecular weight excluding hydrogens is 298 g/mol. The Morgan fingerprint density at radius 3 is 2.83 bits per heavy atom. The highest BCUT2D eigenvalue weighted by atomic mass is 79.9. The zero-order valence-corrected chi connectivity index (χ0v) is 12.4. The van der Waals surface area contributed by atoms with Crippen LogP contribution in [0.15, 0.2) is 10.7 Å². The summed E-state index contributed by atoms with van der Waals surface area (Å²) >= 11 is 3.36. The Kier molecular flexibility index (Phi) is 5.33. The molecule has 18 heavy (non-hydrogen) atoms. The molecule has 0 aromatic carbocycles. The molecule has 0 aliphatic carbocycles. The van der Waals surface area contributed by atoms with E-state index in [4.69, 9.17) is 5.73 Å². The number of rotatable bonds is 5. The number of halogens is 1. The van der Waals surface area contributed by atoms with Crippen LogP contribution in [0.5, 0.6) is 0 Å². The predicted octanol–water partition coefficient (Wildman–Crippen LogP) is 1.17. The fourth-order valence-corrected chi connectivity index (χ4v) is 1.91. The number of anilines is 2. The van der Waals surface area contributed by atoms with Gasteiger partial charge in [0.05, 0.1) is 11.0 Å². The summed E-state index contributed by atoms with van der Waals surface area (Å²) in [4.78, 5) is 21.6. The van der Waals surface area contributed by atoms with Crippen LogP contribution in [0.4, 0.5) is 11.8 Å². The Balaban J connectivity index is 2.83. The molecule has 0 fully saturated rings. The molecular formula is C11H18BrN5O. The molecule has 6 nitrogen and oxygen atoms in total. The first-order valence-electron chi connectivity index (χ1n) is 5.76. The molecule has 1 rings (SSSR count). The van der Waals surface area contributed by atoms with Crippen molar-refractivity contribution >= 4 is 33.6 Å². The SMILES string of the molecule is CCN(CC(=O)NC(C)C)c1nc(N)ncc1Br. The van der Waals surface area contributed by atoms with E-state index in [-0.39, 0.29) is 24.4 Å². The van der Waals surface area contributed by atoms with E-state index in [1.807, 2.05) is 25.7 Å². The Bertz CT molecular complexity index is 424. The van der Waals surface area contributed by atoms with Gasteiger partial charge in [0.1, 0.15) is 5.82 Å². The number of nitrogens with two attached hydrogens (primary N) is 1. The summed E-state index contributed by atoms with van der Waals surface area (Å²) < 4.78 is 0.718. The largest absolute Gasteiger partial charge is 0.368 e. The molecule has 0 unspecified atom stereocenters.